The molecular weight excluding hydrogens is 693 g/mol. The smallest absolute Gasteiger partial charge is 0.329 e. The molecule has 1 aliphatic carbocycles. The predicted molar refractivity (Wildman–Crippen MR) is 192 cm³/mol. The number of rotatable bonds is 9. The van der Waals surface area contributed by atoms with Gasteiger partial charge in [0, 0.05) is 63.7 Å². The number of carbonyl (C=O) groups is 3. The number of fused-ring (bicyclic) bond motifs is 2. The topological polar surface area (TPSA) is 139 Å². The molecule has 13 nitrogen and oxygen atoms in total. The van der Waals surface area contributed by atoms with E-state index in [0.717, 1.165) is 67.9 Å². The van der Waals surface area contributed by atoms with Gasteiger partial charge in [-0.1, -0.05) is 6.07 Å². The van der Waals surface area contributed by atoms with Crippen LogP contribution in [0.4, 0.5) is 19.5 Å². The molecule has 1 unspecified atom stereocenters. The van der Waals surface area contributed by atoms with Gasteiger partial charge in [0.2, 0.25) is 11.8 Å². The lowest BCUT2D eigenvalue weighted by molar-refractivity contribution is -0.135. The number of aromatic nitrogens is 5. The number of imidazole rings is 1. The predicted octanol–water partition coefficient (Wildman–Crippen LogP) is 4.71. The number of carbonyl (C=O) groups excluding carboxylic acids is 3. The highest BCUT2D eigenvalue weighted by Gasteiger charge is 2.37. The van der Waals surface area contributed by atoms with Crippen LogP contribution in [0.2, 0.25) is 0 Å². The van der Waals surface area contributed by atoms with Gasteiger partial charge in [0.1, 0.15) is 22.4 Å². The third-order valence-electron chi connectivity index (χ3n) is 10.9. The van der Waals surface area contributed by atoms with Crippen molar-refractivity contribution in [3.63, 3.8) is 0 Å². The molecule has 6 heterocycles. The van der Waals surface area contributed by atoms with E-state index in [1.807, 2.05) is 18.2 Å². The first-order valence-electron chi connectivity index (χ1n) is 17.6. The Morgan fingerprint density at radius 1 is 1.10 bits per heavy atom. The van der Waals surface area contributed by atoms with Crippen LogP contribution in [0.5, 0.6) is 0 Å². The van der Waals surface area contributed by atoms with Crippen LogP contribution in [-0.4, -0.2) is 78.8 Å². The Bertz CT molecular complexity index is 2250. The summed E-state index contributed by atoms with van der Waals surface area (Å²) in [5, 5.41) is 5.76. The molecule has 272 valence electrons. The summed E-state index contributed by atoms with van der Waals surface area (Å²) in [6.07, 6.45) is 6.29. The zero-order chi connectivity index (χ0) is 36.3. The second-order valence-electron chi connectivity index (χ2n) is 14.1. The molecule has 1 atom stereocenters. The minimum Gasteiger partial charge on any atom is -0.370 e. The molecule has 5 aromatic rings. The molecule has 16 heteroatoms. The van der Waals surface area contributed by atoms with Crippen LogP contribution in [0.1, 0.15) is 78.0 Å². The van der Waals surface area contributed by atoms with E-state index in [-0.39, 0.29) is 41.1 Å². The number of halogens is 2. The van der Waals surface area contributed by atoms with E-state index in [9.17, 15) is 28.0 Å². The largest absolute Gasteiger partial charge is 0.370 e. The Morgan fingerprint density at radius 3 is 2.63 bits per heavy atom. The van der Waals surface area contributed by atoms with E-state index in [1.54, 1.807) is 46.7 Å². The molecule has 3 fully saturated rings. The number of benzene rings is 1. The third kappa shape index (κ3) is 6.06. The van der Waals surface area contributed by atoms with Gasteiger partial charge in [0.05, 0.1) is 27.3 Å². The number of amides is 3. The average Bonchev–Trinajstić information content (AvgIpc) is 3.81. The zero-order valence-corrected chi connectivity index (χ0v) is 29.6. The lowest BCUT2D eigenvalue weighted by atomic mass is 9.75. The van der Waals surface area contributed by atoms with Crippen LogP contribution >= 0.6 is 11.3 Å². The fourth-order valence-corrected chi connectivity index (χ4v) is 9.24. The number of hydrogen-bond acceptors (Lipinski definition) is 9. The Kier molecular flexibility index (Phi) is 8.89. The Balaban J connectivity index is 0.878. The van der Waals surface area contributed by atoms with Crippen molar-refractivity contribution in [3.05, 3.63) is 75.7 Å². The van der Waals surface area contributed by atoms with Crippen LogP contribution in [0, 0.1) is 5.92 Å². The van der Waals surface area contributed by atoms with Crippen molar-refractivity contribution < 1.29 is 23.2 Å². The Morgan fingerprint density at radius 2 is 1.88 bits per heavy atom. The molecule has 2 N–H and O–H groups in total. The minimum atomic E-state index is -2.81. The Labute approximate surface area is 301 Å². The molecule has 4 aromatic heterocycles. The fraction of sp³-hybridized carbons (Fsp3) is 0.444. The summed E-state index contributed by atoms with van der Waals surface area (Å²) in [5.74, 6) is -0.773. The van der Waals surface area contributed by atoms with Crippen molar-refractivity contribution in [2.24, 2.45) is 13.0 Å². The van der Waals surface area contributed by atoms with E-state index in [0.29, 0.717) is 33.7 Å². The summed E-state index contributed by atoms with van der Waals surface area (Å²) < 4.78 is 32.8. The molecule has 0 radical (unpaired) electrons. The molecular formula is C36H39F2N9O4S. The number of hydrogen-bond donors (Lipinski definition) is 2. The molecule has 0 bridgehead atoms. The van der Waals surface area contributed by atoms with Gasteiger partial charge >= 0.3 is 5.69 Å². The number of alkyl halides is 2. The molecule has 0 spiro atoms. The molecule has 52 heavy (non-hydrogen) atoms. The molecule has 2 saturated heterocycles. The lowest BCUT2D eigenvalue weighted by Gasteiger charge is -2.42. The SMILES string of the molecule is CN(C[C@H]1C[C@H](c2nc(C(F)F)c(NC(=O)c3ccn4cccnc34)s2)C1)C1CCN(c2cccc3c2n(C)c(=O)n3C2CCC(=O)NC2=O)CC1. The lowest BCUT2D eigenvalue weighted by Crippen LogP contribution is -2.46. The van der Waals surface area contributed by atoms with Crippen molar-refractivity contribution in [3.8, 4) is 0 Å². The molecule has 2 aliphatic heterocycles. The van der Waals surface area contributed by atoms with E-state index >= 15 is 0 Å². The van der Waals surface area contributed by atoms with E-state index in [2.05, 4.69) is 37.4 Å². The number of imide groups is 1. The monoisotopic (exact) mass is 731 g/mol. The molecule has 3 aliphatic rings. The Hall–Kier alpha value is -4.96. The highest BCUT2D eigenvalue weighted by molar-refractivity contribution is 7.16. The van der Waals surface area contributed by atoms with Crippen molar-refractivity contribution in [2.75, 3.05) is 36.9 Å². The summed E-state index contributed by atoms with van der Waals surface area (Å²) in [6.45, 7) is 2.50. The van der Waals surface area contributed by atoms with Crippen LogP contribution in [0.3, 0.4) is 0 Å². The van der Waals surface area contributed by atoms with Crippen LogP contribution < -0.4 is 21.2 Å². The van der Waals surface area contributed by atoms with Gasteiger partial charge in [0.15, 0.2) is 0 Å². The summed E-state index contributed by atoms with van der Waals surface area (Å²) in [4.78, 5) is 64.1. The average molecular weight is 732 g/mol. The molecule has 1 aromatic carbocycles. The number of para-hydroxylation sites is 1. The minimum absolute atomic E-state index is 0.0741. The highest BCUT2D eigenvalue weighted by atomic mass is 32.1. The summed E-state index contributed by atoms with van der Waals surface area (Å²) >= 11 is 1.14. The number of thiazole rings is 1. The van der Waals surface area contributed by atoms with Gasteiger partial charge in [0.25, 0.3) is 12.3 Å². The number of anilines is 2. The van der Waals surface area contributed by atoms with Gasteiger partial charge in [-0.3, -0.25) is 28.8 Å². The fourth-order valence-electron chi connectivity index (χ4n) is 8.14. The number of aryl methyl sites for hydroxylation is 1. The molecule has 8 rings (SSSR count). The van der Waals surface area contributed by atoms with E-state index in [4.69, 9.17) is 0 Å². The van der Waals surface area contributed by atoms with Crippen LogP contribution in [-0.2, 0) is 16.6 Å². The zero-order valence-electron chi connectivity index (χ0n) is 28.8. The molecule has 3 amide bonds. The van der Waals surface area contributed by atoms with Gasteiger partial charge < -0.3 is 19.5 Å². The summed E-state index contributed by atoms with van der Waals surface area (Å²) in [7, 11) is 3.87. The second-order valence-corrected chi connectivity index (χ2v) is 15.1. The van der Waals surface area contributed by atoms with Crippen LogP contribution in [0.15, 0.2) is 53.7 Å². The van der Waals surface area contributed by atoms with E-state index < -0.39 is 24.3 Å². The maximum Gasteiger partial charge on any atom is 0.329 e. The second kappa shape index (κ2) is 13.5. The molecule has 1 saturated carbocycles. The van der Waals surface area contributed by atoms with Gasteiger partial charge in [-0.15, -0.1) is 11.3 Å². The van der Waals surface area contributed by atoms with Gasteiger partial charge in [-0.2, -0.15) is 0 Å². The van der Waals surface area contributed by atoms with Crippen LogP contribution in [0.25, 0.3) is 16.7 Å². The first kappa shape index (κ1) is 34.1. The van der Waals surface area contributed by atoms with Crippen molar-refractivity contribution in [1.82, 2.24) is 33.7 Å². The van der Waals surface area contributed by atoms with E-state index in [1.165, 1.54) is 4.57 Å². The number of piperidine rings is 2. The normalized spacial score (nSPS) is 21.3. The van der Waals surface area contributed by atoms with Gasteiger partial charge in [-0.05, 0) is 69.3 Å². The first-order chi connectivity index (χ1) is 25.1. The first-order valence-corrected chi connectivity index (χ1v) is 18.4. The third-order valence-corrected chi connectivity index (χ3v) is 12.1. The number of nitrogens with one attached hydrogen (secondary N) is 2. The van der Waals surface area contributed by atoms with Crippen molar-refractivity contribution >= 4 is 56.4 Å². The maximum atomic E-state index is 14.0. The van der Waals surface area contributed by atoms with Crippen molar-refractivity contribution in [2.45, 2.75) is 63.0 Å². The van der Waals surface area contributed by atoms with Crippen molar-refractivity contribution in [1.29, 1.82) is 0 Å². The maximum absolute atomic E-state index is 14.0. The quantitative estimate of drug-likeness (QED) is 0.208. The number of nitrogens with zero attached hydrogens (tertiary/aromatic N) is 7. The standard InChI is InChI=1S/C36H39F2N9O4S/c1-43(19-20-17-21(18-20)34-41-28(30(37)38)35(52-34)42-32(49)23-11-16-46-13-4-12-39-31(23)46)22-9-14-45(15-10-22)24-5-3-6-25-29(24)44(2)36(51)47(25)26-7-8-27(48)40-33(26)50/h3-6,11-13,16,20-22,26,30H,7-10,14-15,17-19H2,1-2H3,(H,42,49)(H,40,48,50)/t20-,21-,26?. The summed E-state index contributed by atoms with van der Waals surface area (Å²) in [6, 6.07) is 8.79. The summed E-state index contributed by atoms with van der Waals surface area (Å²) in [5.41, 5.74) is 2.50. The highest BCUT2D eigenvalue weighted by Crippen LogP contribution is 2.46. The van der Waals surface area contributed by atoms with Gasteiger partial charge in [-0.25, -0.2) is 23.5 Å².